The highest BCUT2D eigenvalue weighted by Gasteiger charge is 2.82. The third-order valence-electron chi connectivity index (χ3n) is 6.96. The van der Waals surface area contributed by atoms with Crippen molar-refractivity contribution in [3.8, 4) is 0 Å². The molecule has 0 amide bonds. The van der Waals surface area contributed by atoms with Gasteiger partial charge in [0.15, 0.2) is 17.5 Å². The maximum Gasteiger partial charge on any atom is 0.192 e. The van der Waals surface area contributed by atoms with Crippen molar-refractivity contribution >= 4 is 34.2 Å². The number of hydrogen-bond acceptors (Lipinski definition) is 8. The maximum atomic E-state index is 12.1. The molecule has 7 atom stereocenters. The Bertz CT molecular complexity index is 1020. The van der Waals surface area contributed by atoms with Crippen LogP contribution in [0.4, 0.5) is 0 Å². The van der Waals surface area contributed by atoms with Crippen LogP contribution in [0.2, 0.25) is 0 Å². The summed E-state index contributed by atoms with van der Waals surface area (Å²) in [6.45, 7) is 1.53. The third-order valence-corrected chi connectivity index (χ3v) is 7.85. The Morgan fingerprint density at radius 3 is 1.81 bits per heavy atom. The Balaban J connectivity index is 1.80. The van der Waals surface area contributed by atoms with Crippen LogP contribution in [0.15, 0.2) is 60.7 Å². The van der Waals surface area contributed by atoms with Gasteiger partial charge in [-0.25, -0.2) is 0 Å². The number of thiocarbonyl (C=S) groups is 2. The van der Waals surface area contributed by atoms with Crippen LogP contribution in [0.5, 0.6) is 0 Å². The number of ether oxygens (including phenoxy) is 1. The summed E-state index contributed by atoms with van der Waals surface area (Å²) in [4.78, 5) is -0.232. The first-order chi connectivity index (χ1) is 15.1. The molecule has 2 aromatic carbocycles. The highest BCUT2D eigenvalue weighted by atomic mass is 32.1. The normalized spacial score (nSPS) is 38.4. The zero-order valence-electron chi connectivity index (χ0n) is 17.5. The lowest BCUT2D eigenvalue weighted by Gasteiger charge is -2.68. The van der Waals surface area contributed by atoms with E-state index < -0.39 is 41.2 Å². The van der Waals surface area contributed by atoms with E-state index >= 15 is 0 Å². The molecule has 2 aliphatic rings. The minimum atomic E-state index is -2.59. The first-order valence-corrected chi connectivity index (χ1v) is 11.2. The molecule has 1 aliphatic heterocycles. The number of hydrogen-bond donors (Lipinski definition) is 5. The average Bonchev–Trinajstić information content (AvgIpc) is 2.80. The SMILES string of the molecule is CC1C(O)[C@H]2O[C@@H](O)[C@](O)(C(=S)Cc3ccccc3)[C@](O)(C(=S)Cc3ccccc3)[C@@]12O. The van der Waals surface area contributed by atoms with Crippen molar-refractivity contribution in [3.05, 3.63) is 71.8 Å². The monoisotopic (exact) mass is 474 g/mol. The molecule has 1 aliphatic carbocycles. The van der Waals surface area contributed by atoms with Gasteiger partial charge in [-0.3, -0.25) is 0 Å². The summed E-state index contributed by atoms with van der Waals surface area (Å²) >= 11 is 11.1. The second-order valence-corrected chi connectivity index (χ2v) is 9.65. The summed E-state index contributed by atoms with van der Waals surface area (Å²) in [5.41, 5.74) is -5.82. The highest BCUT2D eigenvalue weighted by molar-refractivity contribution is 7.81. The van der Waals surface area contributed by atoms with Crippen LogP contribution >= 0.6 is 24.4 Å². The van der Waals surface area contributed by atoms with Crippen molar-refractivity contribution in [2.45, 2.75) is 55.1 Å². The molecule has 6 nitrogen and oxygen atoms in total. The van der Waals surface area contributed by atoms with Gasteiger partial charge in [-0.05, 0) is 11.1 Å². The molecule has 1 saturated heterocycles. The number of aliphatic hydroxyl groups is 5. The van der Waals surface area contributed by atoms with Gasteiger partial charge in [0.2, 0.25) is 0 Å². The number of rotatable bonds is 6. The summed E-state index contributed by atoms with van der Waals surface area (Å²) in [7, 11) is 0. The van der Waals surface area contributed by atoms with Gasteiger partial charge in [0, 0.05) is 28.5 Å². The van der Waals surface area contributed by atoms with Crippen LogP contribution in [-0.4, -0.2) is 70.6 Å². The van der Waals surface area contributed by atoms with Gasteiger partial charge in [-0.2, -0.15) is 0 Å². The molecule has 1 heterocycles. The van der Waals surface area contributed by atoms with E-state index in [1.807, 2.05) is 12.1 Å². The zero-order chi connectivity index (χ0) is 23.3. The molecule has 0 bridgehead atoms. The van der Waals surface area contributed by atoms with Gasteiger partial charge < -0.3 is 30.3 Å². The Morgan fingerprint density at radius 1 is 0.844 bits per heavy atom. The Kier molecular flexibility index (Phi) is 6.11. The number of benzene rings is 2. The van der Waals surface area contributed by atoms with Crippen molar-refractivity contribution in [1.82, 2.24) is 0 Å². The van der Waals surface area contributed by atoms with Crippen LogP contribution in [0.1, 0.15) is 18.1 Å². The molecule has 0 spiro atoms. The molecular formula is C24H26O6S2. The van der Waals surface area contributed by atoms with Gasteiger partial charge in [0.1, 0.15) is 11.7 Å². The van der Waals surface area contributed by atoms with E-state index in [4.69, 9.17) is 29.2 Å². The fourth-order valence-electron chi connectivity index (χ4n) is 4.96. The van der Waals surface area contributed by atoms with Gasteiger partial charge in [-0.15, -0.1) is 0 Å². The van der Waals surface area contributed by atoms with Crippen LogP contribution in [0, 0.1) is 5.92 Å². The van der Waals surface area contributed by atoms with Crippen LogP contribution in [0.25, 0.3) is 0 Å². The smallest absolute Gasteiger partial charge is 0.192 e. The Labute approximate surface area is 197 Å². The lowest BCUT2D eigenvalue weighted by Crippen LogP contribution is -2.92. The summed E-state index contributed by atoms with van der Waals surface area (Å²) in [5, 5.41) is 56.8. The molecule has 2 unspecified atom stereocenters. The molecule has 5 N–H and O–H groups in total. The standard InChI is InChI=1S/C24H26O6S2/c1-14-19(25)20-22(14,27)24(29,18(32)13-16-10-6-3-7-11-16)23(28,21(26)30-20)17(31)12-15-8-4-2-5-9-15/h2-11,14,19-21,25-29H,12-13H2,1H3/t14?,19?,20-,21-,22-,23-,24+/m1/s1. The molecule has 2 fully saturated rings. The van der Waals surface area contributed by atoms with Crippen molar-refractivity contribution in [1.29, 1.82) is 0 Å². The largest absolute Gasteiger partial charge is 0.390 e. The van der Waals surface area contributed by atoms with Crippen LogP contribution in [-0.2, 0) is 17.6 Å². The fourth-order valence-corrected chi connectivity index (χ4v) is 5.87. The van der Waals surface area contributed by atoms with Crippen molar-refractivity contribution in [2.75, 3.05) is 0 Å². The predicted molar refractivity (Wildman–Crippen MR) is 126 cm³/mol. The molecule has 8 heteroatoms. The van der Waals surface area contributed by atoms with E-state index in [0.717, 1.165) is 11.1 Å². The van der Waals surface area contributed by atoms with Crippen LogP contribution < -0.4 is 0 Å². The van der Waals surface area contributed by atoms with E-state index in [0.29, 0.717) is 0 Å². The molecule has 0 aromatic heterocycles. The quantitative estimate of drug-likeness (QED) is 0.397. The first-order valence-electron chi connectivity index (χ1n) is 10.4. The van der Waals surface area contributed by atoms with Gasteiger partial charge in [0.25, 0.3) is 0 Å². The first kappa shape index (κ1) is 23.5. The molecule has 1 saturated carbocycles. The number of fused-ring (bicyclic) bond motifs is 1. The lowest BCUT2D eigenvalue weighted by atomic mass is 9.49. The van der Waals surface area contributed by atoms with E-state index in [1.54, 1.807) is 48.5 Å². The summed E-state index contributed by atoms with van der Waals surface area (Å²) in [6.07, 6.45) is -4.45. The lowest BCUT2D eigenvalue weighted by molar-refractivity contribution is -0.419. The molecular weight excluding hydrogens is 448 g/mol. The zero-order valence-corrected chi connectivity index (χ0v) is 19.1. The van der Waals surface area contributed by atoms with Crippen LogP contribution in [0.3, 0.4) is 0 Å². The molecule has 4 rings (SSSR count). The van der Waals surface area contributed by atoms with Gasteiger partial charge in [-0.1, -0.05) is 92.0 Å². The van der Waals surface area contributed by atoms with E-state index in [2.05, 4.69) is 0 Å². The third kappa shape index (κ3) is 3.13. The molecule has 2 aromatic rings. The molecule has 170 valence electrons. The van der Waals surface area contributed by atoms with Gasteiger partial charge >= 0.3 is 0 Å². The summed E-state index contributed by atoms with van der Waals surface area (Å²) in [6, 6.07) is 18.1. The van der Waals surface area contributed by atoms with Crippen molar-refractivity contribution < 1.29 is 30.3 Å². The Hall–Kier alpha value is -1.62. The minimum absolute atomic E-state index is 0.0288. The van der Waals surface area contributed by atoms with Crippen molar-refractivity contribution in [2.24, 2.45) is 5.92 Å². The van der Waals surface area contributed by atoms with Gasteiger partial charge in [0.05, 0.1) is 6.10 Å². The molecule has 32 heavy (non-hydrogen) atoms. The van der Waals surface area contributed by atoms with E-state index in [-0.39, 0.29) is 22.6 Å². The predicted octanol–water partition coefficient (Wildman–Crippen LogP) is 1.13. The highest BCUT2D eigenvalue weighted by Crippen LogP contribution is 2.57. The van der Waals surface area contributed by atoms with E-state index in [1.165, 1.54) is 6.92 Å². The summed E-state index contributed by atoms with van der Waals surface area (Å²) in [5.74, 6) is -0.898. The fraction of sp³-hybridized carbons (Fsp3) is 0.417. The minimum Gasteiger partial charge on any atom is -0.390 e. The number of aliphatic hydroxyl groups excluding tert-OH is 2. The molecule has 0 radical (unpaired) electrons. The van der Waals surface area contributed by atoms with E-state index in [9.17, 15) is 25.5 Å². The second-order valence-electron chi connectivity index (χ2n) is 8.66. The second kappa shape index (κ2) is 8.30. The summed E-state index contributed by atoms with van der Waals surface area (Å²) < 4.78 is 5.44. The van der Waals surface area contributed by atoms with Crippen molar-refractivity contribution in [3.63, 3.8) is 0 Å². The average molecular weight is 475 g/mol. The topological polar surface area (TPSA) is 110 Å². The Morgan fingerprint density at radius 2 is 1.31 bits per heavy atom. The maximum absolute atomic E-state index is 12.1.